The van der Waals surface area contributed by atoms with E-state index in [1.165, 1.54) is 57.3 Å². The van der Waals surface area contributed by atoms with E-state index in [1.54, 1.807) is 12.1 Å². The molecular weight excluding hydrogens is 361 g/mol. The molecule has 0 amide bonds. The first kappa shape index (κ1) is 19.8. The van der Waals surface area contributed by atoms with Crippen LogP contribution in [-0.4, -0.2) is 49.2 Å². The van der Waals surface area contributed by atoms with Crippen LogP contribution in [0, 0.1) is 29.5 Å². The quantitative estimate of drug-likeness (QED) is 0.806. The highest BCUT2D eigenvalue weighted by Gasteiger charge is 2.56. The molecule has 1 spiro atoms. The summed E-state index contributed by atoms with van der Waals surface area (Å²) < 4.78 is 13.5. The first-order valence-electron chi connectivity index (χ1n) is 12.0. The number of nitrogens with one attached hydrogen (secondary N) is 1. The Balaban J connectivity index is 1.30. The van der Waals surface area contributed by atoms with Gasteiger partial charge in [-0.2, -0.15) is 0 Å². The van der Waals surface area contributed by atoms with Crippen LogP contribution in [0.15, 0.2) is 24.3 Å². The lowest BCUT2D eigenvalue weighted by molar-refractivity contribution is 0.0655. The smallest absolute Gasteiger partial charge is 0.123 e. The van der Waals surface area contributed by atoms with E-state index >= 15 is 0 Å². The van der Waals surface area contributed by atoms with E-state index in [0.717, 1.165) is 49.3 Å². The second-order valence-corrected chi connectivity index (χ2v) is 10.6. The lowest BCUT2D eigenvalue weighted by atomic mass is 9.73. The van der Waals surface area contributed by atoms with Gasteiger partial charge in [-0.3, -0.25) is 0 Å². The number of hydrogen-bond acceptors (Lipinski definition) is 3. The van der Waals surface area contributed by atoms with Gasteiger partial charge in [0.05, 0.1) is 0 Å². The van der Waals surface area contributed by atoms with Crippen LogP contribution in [0.4, 0.5) is 10.1 Å². The topological polar surface area (TPSA) is 18.5 Å². The van der Waals surface area contributed by atoms with Gasteiger partial charge in [-0.05, 0) is 80.5 Å². The predicted molar refractivity (Wildman–Crippen MR) is 118 cm³/mol. The summed E-state index contributed by atoms with van der Waals surface area (Å²) in [7, 11) is 0. The van der Waals surface area contributed by atoms with Gasteiger partial charge in [0, 0.05) is 55.9 Å². The van der Waals surface area contributed by atoms with E-state index in [4.69, 9.17) is 0 Å². The maximum atomic E-state index is 13.5. The Hall–Kier alpha value is -1.13. The molecule has 1 N–H and O–H groups in total. The molecule has 3 heterocycles. The molecule has 2 atom stereocenters. The second-order valence-electron chi connectivity index (χ2n) is 10.6. The Bertz CT molecular complexity index is 687. The van der Waals surface area contributed by atoms with Crippen molar-refractivity contribution in [1.82, 2.24) is 10.2 Å². The average molecular weight is 400 g/mol. The van der Waals surface area contributed by atoms with Gasteiger partial charge in [0.2, 0.25) is 0 Å². The number of nitrogens with zero attached hydrogens (tertiary/aromatic N) is 2. The molecule has 4 heteroatoms. The third-order valence-electron chi connectivity index (χ3n) is 8.99. The second kappa shape index (κ2) is 7.85. The number of rotatable bonds is 3. The molecule has 0 bridgehead atoms. The first-order chi connectivity index (χ1) is 14.1. The normalized spacial score (nSPS) is 34.8. The van der Waals surface area contributed by atoms with Crippen LogP contribution in [0.25, 0.3) is 0 Å². The molecule has 2 unspecified atom stereocenters. The molecule has 0 aromatic heterocycles. The average Bonchev–Trinajstić information content (AvgIpc) is 3.32. The summed E-state index contributed by atoms with van der Waals surface area (Å²) in [5, 5.41) is 3.67. The van der Waals surface area contributed by atoms with Crippen molar-refractivity contribution in [2.45, 2.75) is 64.0 Å². The van der Waals surface area contributed by atoms with Gasteiger partial charge in [-0.25, -0.2) is 4.39 Å². The van der Waals surface area contributed by atoms with Gasteiger partial charge >= 0.3 is 0 Å². The highest BCUT2D eigenvalue weighted by molar-refractivity contribution is 5.52. The summed E-state index contributed by atoms with van der Waals surface area (Å²) in [6, 6.07) is 8.09. The van der Waals surface area contributed by atoms with E-state index in [0.29, 0.717) is 0 Å². The van der Waals surface area contributed by atoms with Crippen molar-refractivity contribution in [3.05, 3.63) is 30.1 Å². The van der Waals surface area contributed by atoms with Crippen LogP contribution in [0.3, 0.4) is 0 Å². The molecule has 3 aliphatic heterocycles. The van der Waals surface area contributed by atoms with Crippen LogP contribution in [0.5, 0.6) is 0 Å². The van der Waals surface area contributed by atoms with Crippen molar-refractivity contribution in [2.24, 2.45) is 23.7 Å². The molecule has 4 fully saturated rings. The van der Waals surface area contributed by atoms with E-state index in [9.17, 15) is 4.39 Å². The first-order valence-corrected chi connectivity index (χ1v) is 12.0. The van der Waals surface area contributed by atoms with Gasteiger partial charge in [-0.1, -0.05) is 13.8 Å². The zero-order valence-electron chi connectivity index (χ0n) is 18.2. The fourth-order valence-corrected chi connectivity index (χ4v) is 7.20. The lowest BCUT2D eigenvalue weighted by Crippen LogP contribution is -2.58. The molecule has 29 heavy (non-hydrogen) atoms. The van der Waals surface area contributed by atoms with E-state index in [-0.39, 0.29) is 11.4 Å². The molecule has 5 rings (SSSR count). The zero-order valence-corrected chi connectivity index (χ0v) is 18.2. The summed E-state index contributed by atoms with van der Waals surface area (Å²) in [6.07, 6.45) is 8.14. The number of anilines is 1. The minimum atomic E-state index is -0.129. The van der Waals surface area contributed by atoms with Crippen LogP contribution in [0.1, 0.15) is 52.4 Å². The Morgan fingerprint density at radius 2 is 1.69 bits per heavy atom. The molecule has 4 aliphatic rings. The van der Waals surface area contributed by atoms with Crippen molar-refractivity contribution < 1.29 is 4.39 Å². The third-order valence-corrected chi connectivity index (χ3v) is 8.99. The minimum absolute atomic E-state index is 0.129. The number of halogens is 1. The summed E-state index contributed by atoms with van der Waals surface area (Å²) >= 11 is 0. The van der Waals surface area contributed by atoms with Crippen molar-refractivity contribution in [2.75, 3.05) is 37.6 Å². The van der Waals surface area contributed by atoms with Gasteiger partial charge in [0.1, 0.15) is 5.82 Å². The summed E-state index contributed by atoms with van der Waals surface area (Å²) in [4.78, 5) is 5.50. The maximum absolute atomic E-state index is 13.5. The monoisotopic (exact) mass is 399 g/mol. The fraction of sp³-hybridized carbons (Fsp3) is 0.760. The fourth-order valence-electron chi connectivity index (χ4n) is 7.20. The van der Waals surface area contributed by atoms with Crippen molar-refractivity contribution >= 4 is 5.69 Å². The van der Waals surface area contributed by atoms with Gasteiger partial charge in [-0.15, -0.1) is 0 Å². The van der Waals surface area contributed by atoms with E-state index in [2.05, 4.69) is 29.0 Å². The molecule has 1 aliphatic carbocycles. The standard InChI is InChI=1S/C25H38FN3/c1-18(2)19-3-7-22(8-4-19)28-13-11-25(12-14-28)24-16-27-15-20(24)17-29(25)23-9-5-21(26)6-10-23/h5-6,9-10,18-20,22,24,27H,3-4,7-8,11-17H2,1-2H3. The number of piperidine rings is 1. The Labute approximate surface area is 176 Å². The predicted octanol–water partition coefficient (Wildman–Crippen LogP) is 4.53. The largest absolute Gasteiger partial charge is 0.365 e. The minimum Gasteiger partial charge on any atom is -0.365 e. The van der Waals surface area contributed by atoms with E-state index in [1.807, 2.05) is 12.1 Å². The highest BCUT2D eigenvalue weighted by Crippen LogP contribution is 2.49. The summed E-state index contributed by atoms with van der Waals surface area (Å²) in [5.41, 5.74) is 1.49. The molecule has 1 saturated carbocycles. The molecule has 3 saturated heterocycles. The molecule has 3 nitrogen and oxygen atoms in total. The van der Waals surface area contributed by atoms with Gasteiger partial charge < -0.3 is 15.1 Å². The third kappa shape index (κ3) is 3.50. The highest BCUT2D eigenvalue weighted by atomic mass is 19.1. The SMILES string of the molecule is CC(C)C1CCC(N2CCC3(CC2)C2CNCC2CN3c2ccc(F)cc2)CC1. The number of hydrogen-bond donors (Lipinski definition) is 1. The molecule has 1 aromatic carbocycles. The number of fused-ring (bicyclic) bond motifs is 2. The molecule has 160 valence electrons. The van der Waals surface area contributed by atoms with Crippen molar-refractivity contribution in [1.29, 1.82) is 0 Å². The van der Waals surface area contributed by atoms with Crippen LogP contribution in [0.2, 0.25) is 0 Å². The molecule has 0 radical (unpaired) electrons. The summed E-state index contributed by atoms with van der Waals surface area (Å²) in [6.45, 7) is 10.7. The Morgan fingerprint density at radius 3 is 2.34 bits per heavy atom. The number of benzene rings is 1. The Kier molecular flexibility index (Phi) is 5.36. The van der Waals surface area contributed by atoms with Crippen molar-refractivity contribution in [3.8, 4) is 0 Å². The van der Waals surface area contributed by atoms with Crippen molar-refractivity contribution in [3.63, 3.8) is 0 Å². The lowest BCUT2D eigenvalue weighted by Gasteiger charge is -2.51. The molecule has 1 aromatic rings. The van der Waals surface area contributed by atoms with Crippen LogP contribution >= 0.6 is 0 Å². The summed E-state index contributed by atoms with van der Waals surface area (Å²) in [5.74, 6) is 3.14. The zero-order chi connectivity index (χ0) is 20.0. The van der Waals surface area contributed by atoms with Gasteiger partial charge in [0.15, 0.2) is 0 Å². The maximum Gasteiger partial charge on any atom is 0.123 e. The van der Waals surface area contributed by atoms with Crippen LogP contribution in [-0.2, 0) is 0 Å². The molecular formula is C25H38FN3. The van der Waals surface area contributed by atoms with Crippen LogP contribution < -0.4 is 10.2 Å². The van der Waals surface area contributed by atoms with E-state index < -0.39 is 0 Å². The van der Waals surface area contributed by atoms with Gasteiger partial charge in [0.25, 0.3) is 0 Å². The Morgan fingerprint density at radius 1 is 1.00 bits per heavy atom. The number of likely N-dealkylation sites (tertiary alicyclic amines) is 1.